The number of aryl methyl sites for hydroxylation is 1. The van der Waals surface area contributed by atoms with Crippen molar-refractivity contribution in [1.82, 2.24) is 14.9 Å². The predicted molar refractivity (Wildman–Crippen MR) is 94.5 cm³/mol. The summed E-state index contributed by atoms with van der Waals surface area (Å²) in [6.07, 6.45) is 6.32. The maximum Gasteiger partial charge on any atom is 0.133 e. The van der Waals surface area contributed by atoms with Crippen LogP contribution < -0.4 is 4.90 Å². The number of benzene rings is 1. The number of para-hydroxylation sites is 1. The number of aromatic nitrogens is 2. The molecule has 1 aliphatic heterocycles. The molecule has 0 bridgehead atoms. The zero-order valence-corrected chi connectivity index (χ0v) is 13.5. The number of pyridine rings is 1. The lowest BCUT2D eigenvalue weighted by molar-refractivity contribution is 0.252. The van der Waals surface area contributed by atoms with E-state index >= 15 is 0 Å². The van der Waals surface area contributed by atoms with Gasteiger partial charge in [0.1, 0.15) is 5.82 Å². The van der Waals surface area contributed by atoms with Gasteiger partial charge in [0.15, 0.2) is 0 Å². The Bertz CT molecular complexity index is 808. The molecule has 3 heterocycles. The van der Waals surface area contributed by atoms with Gasteiger partial charge in [-0.25, -0.2) is 4.98 Å². The van der Waals surface area contributed by atoms with Gasteiger partial charge in [-0.3, -0.25) is 4.90 Å². The number of H-pyrrole nitrogens is 1. The second-order valence-electron chi connectivity index (χ2n) is 6.34. The molecule has 0 atom stereocenters. The molecule has 0 unspecified atom stereocenters. The first kappa shape index (κ1) is 14.3. The van der Waals surface area contributed by atoms with Crippen LogP contribution in [0.5, 0.6) is 0 Å². The number of hydrogen-bond donors (Lipinski definition) is 1. The minimum atomic E-state index is 0.956. The monoisotopic (exact) mass is 306 g/mol. The van der Waals surface area contributed by atoms with Crippen molar-refractivity contribution >= 4 is 16.7 Å². The normalized spacial score (nSPS) is 15.1. The fraction of sp³-hybridized carbons (Fsp3) is 0.316. The molecule has 0 spiro atoms. The van der Waals surface area contributed by atoms with E-state index in [0.717, 1.165) is 32.0 Å². The number of anilines is 1. The second kappa shape index (κ2) is 6.05. The van der Waals surface area contributed by atoms with Crippen LogP contribution in [-0.4, -0.2) is 35.1 Å². The molecule has 1 aliphatic rings. The van der Waals surface area contributed by atoms with E-state index < -0.39 is 0 Å². The van der Waals surface area contributed by atoms with Crippen molar-refractivity contribution in [3.8, 4) is 0 Å². The minimum absolute atomic E-state index is 0.956. The molecule has 2 aromatic heterocycles. The van der Waals surface area contributed by atoms with Crippen LogP contribution in [0.3, 0.4) is 0 Å². The quantitative estimate of drug-likeness (QED) is 0.802. The van der Waals surface area contributed by atoms with Gasteiger partial charge >= 0.3 is 0 Å². The molecule has 4 nitrogen and oxygen atoms in total. The third-order valence-electron chi connectivity index (χ3n) is 4.63. The molecule has 23 heavy (non-hydrogen) atoms. The molecule has 0 saturated heterocycles. The topological polar surface area (TPSA) is 35.2 Å². The van der Waals surface area contributed by atoms with Crippen LogP contribution in [0, 0.1) is 0 Å². The largest absolute Gasteiger partial charge is 0.361 e. The third kappa shape index (κ3) is 2.82. The molecule has 0 fully saturated rings. The van der Waals surface area contributed by atoms with Crippen LogP contribution in [0.4, 0.5) is 5.82 Å². The highest BCUT2D eigenvalue weighted by molar-refractivity contribution is 5.82. The SMILES string of the molecule is CN1CN(CCCc2c[nH]c3ccccc23)Cc2cccnc21. The van der Waals surface area contributed by atoms with Gasteiger partial charge in [-0.15, -0.1) is 0 Å². The van der Waals surface area contributed by atoms with Crippen molar-refractivity contribution in [2.24, 2.45) is 0 Å². The molecule has 3 aromatic rings. The number of fused-ring (bicyclic) bond motifs is 2. The summed E-state index contributed by atoms with van der Waals surface area (Å²) in [5.41, 5.74) is 3.99. The third-order valence-corrected chi connectivity index (χ3v) is 4.63. The standard InChI is InChI=1S/C19H22N4/c1-22-14-23(13-16-6-4-10-20-19(16)22)11-5-7-15-12-21-18-9-3-2-8-17(15)18/h2-4,6,8-10,12,21H,5,7,11,13-14H2,1H3. The molecule has 118 valence electrons. The van der Waals surface area contributed by atoms with Gasteiger partial charge in [0, 0.05) is 49.0 Å². The number of aromatic amines is 1. The van der Waals surface area contributed by atoms with E-state index in [2.05, 4.69) is 63.3 Å². The highest BCUT2D eigenvalue weighted by Crippen LogP contribution is 2.24. The summed E-state index contributed by atoms with van der Waals surface area (Å²) in [6.45, 7) is 3.07. The molecule has 1 aromatic carbocycles. The first-order chi connectivity index (χ1) is 11.3. The zero-order chi connectivity index (χ0) is 15.6. The van der Waals surface area contributed by atoms with E-state index in [9.17, 15) is 0 Å². The van der Waals surface area contributed by atoms with Crippen LogP contribution >= 0.6 is 0 Å². The van der Waals surface area contributed by atoms with Crippen LogP contribution in [0.1, 0.15) is 17.5 Å². The Balaban J connectivity index is 1.39. The summed E-state index contributed by atoms with van der Waals surface area (Å²) in [7, 11) is 2.12. The van der Waals surface area contributed by atoms with Crippen molar-refractivity contribution in [1.29, 1.82) is 0 Å². The summed E-state index contributed by atoms with van der Waals surface area (Å²) in [5.74, 6) is 1.13. The lowest BCUT2D eigenvalue weighted by Gasteiger charge is -2.35. The molecule has 0 aliphatic carbocycles. The predicted octanol–water partition coefficient (Wildman–Crippen LogP) is 3.41. The Morgan fingerprint density at radius 1 is 1.17 bits per heavy atom. The molecular formula is C19H22N4. The molecule has 0 amide bonds. The first-order valence-electron chi connectivity index (χ1n) is 8.23. The Hall–Kier alpha value is -2.33. The summed E-state index contributed by atoms with van der Waals surface area (Å²) < 4.78 is 0. The highest BCUT2D eigenvalue weighted by atomic mass is 15.3. The number of rotatable bonds is 4. The van der Waals surface area contributed by atoms with Crippen LogP contribution in [0.25, 0.3) is 10.9 Å². The Morgan fingerprint density at radius 2 is 2.09 bits per heavy atom. The van der Waals surface area contributed by atoms with Crippen LogP contribution in [0.15, 0.2) is 48.8 Å². The zero-order valence-electron chi connectivity index (χ0n) is 13.5. The van der Waals surface area contributed by atoms with E-state index in [1.165, 1.54) is 28.5 Å². The van der Waals surface area contributed by atoms with Crippen LogP contribution in [-0.2, 0) is 13.0 Å². The minimum Gasteiger partial charge on any atom is -0.361 e. The summed E-state index contributed by atoms with van der Waals surface area (Å²) >= 11 is 0. The van der Waals surface area contributed by atoms with E-state index in [-0.39, 0.29) is 0 Å². The number of hydrogen-bond acceptors (Lipinski definition) is 3. The molecule has 1 N–H and O–H groups in total. The van der Waals surface area contributed by atoms with Crippen molar-refractivity contribution in [2.45, 2.75) is 19.4 Å². The Morgan fingerprint density at radius 3 is 3.04 bits per heavy atom. The maximum absolute atomic E-state index is 4.48. The lowest BCUT2D eigenvalue weighted by atomic mass is 10.1. The van der Waals surface area contributed by atoms with E-state index in [1.54, 1.807) is 0 Å². The van der Waals surface area contributed by atoms with Gasteiger partial charge in [-0.05, 0) is 30.5 Å². The first-order valence-corrected chi connectivity index (χ1v) is 8.23. The van der Waals surface area contributed by atoms with Gasteiger partial charge in [0.05, 0.1) is 6.67 Å². The maximum atomic E-state index is 4.48. The second-order valence-corrected chi connectivity index (χ2v) is 6.34. The van der Waals surface area contributed by atoms with Gasteiger partial charge in [0.25, 0.3) is 0 Å². The number of nitrogens with zero attached hydrogens (tertiary/aromatic N) is 3. The number of nitrogens with one attached hydrogen (secondary N) is 1. The molecule has 0 radical (unpaired) electrons. The van der Waals surface area contributed by atoms with Gasteiger partial charge in [-0.2, -0.15) is 0 Å². The Kier molecular flexibility index (Phi) is 3.75. The highest BCUT2D eigenvalue weighted by Gasteiger charge is 2.20. The van der Waals surface area contributed by atoms with Crippen molar-refractivity contribution in [2.75, 3.05) is 25.2 Å². The van der Waals surface area contributed by atoms with Crippen molar-refractivity contribution < 1.29 is 0 Å². The summed E-state index contributed by atoms with van der Waals surface area (Å²) in [5, 5.41) is 1.36. The fourth-order valence-corrected chi connectivity index (χ4v) is 3.54. The Labute approximate surface area is 136 Å². The van der Waals surface area contributed by atoms with Crippen molar-refractivity contribution in [3.63, 3.8) is 0 Å². The molecule has 4 heteroatoms. The molecule has 0 saturated carbocycles. The van der Waals surface area contributed by atoms with E-state index in [0.29, 0.717) is 0 Å². The fourth-order valence-electron chi connectivity index (χ4n) is 3.54. The van der Waals surface area contributed by atoms with Gasteiger partial charge in [0.2, 0.25) is 0 Å². The summed E-state index contributed by atoms with van der Waals surface area (Å²) in [4.78, 5) is 12.6. The average molecular weight is 306 g/mol. The smallest absolute Gasteiger partial charge is 0.133 e. The van der Waals surface area contributed by atoms with E-state index in [1.807, 2.05) is 12.3 Å². The lowest BCUT2D eigenvalue weighted by Crippen LogP contribution is -2.41. The van der Waals surface area contributed by atoms with Gasteiger partial charge in [-0.1, -0.05) is 24.3 Å². The van der Waals surface area contributed by atoms with E-state index in [4.69, 9.17) is 0 Å². The van der Waals surface area contributed by atoms with Gasteiger partial charge < -0.3 is 9.88 Å². The molecular weight excluding hydrogens is 284 g/mol. The van der Waals surface area contributed by atoms with Crippen LogP contribution in [0.2, 0.25) is 0 Å². The van der Waals surface area contributed by atoms with Crippen molar-refractivity contribution in [3.05, 3.63) is 59.9 Å². The summed E-state index contributed by atoms with van der Waals surface area (Å²) in [6, 6.07) is 12.8. The average Bonchev–Trinajstić information content (AvgIpc) is 2.98. The molecule has 4 rings (SSSR count).